The molecule has 2 heterocycles. The maximum absolute atomic E-state index is 13.4. The van der Waals surface area contributed by atoms with Crippen molar-refractivity contribution in [3.63, 3.8) is 0 Å². The summed E-state index contributed by atoms with van der Waals surface area (Å²) in [6, 6.07) is 16.9. The number of amides is 1. The van der Waals surface area contributed by atoms with Crippen LogP contribution in [-0.2, 0) is 9.59 Å². The van der Waals surface area contributed by atoms with Crippen LogP contribution in [0.1, 0.15) is 17.9 Å². The van der Waals surface area contributed by atoms with Gasteiger partial charge < -0.3 is 5.11 Å². The van der Waals surface area contributed by atoms with E-state index in [9.17, 15) is 14.7 Å². The van der Waals surface area contributed by atoms with Crippen LogP contribution in [-0.4, -0.2) is 28.5 Å². The van der Waals surface area contributed by atoms with Gasteiger partial charge in [-0.15, -0.1) is 11.3 Å². The maximum atomic E-state index is 13.4. The molecule has 4 rings (SSSR count). The highest BCUT2D eigenvalue weighted by Crippen LogP contribution is 2.36. The van der Waals surface area contributed by atoms with Gasteiger partial charge in [-0.3, -0.25) is 14.5 Å². The zero-order valence-electron chi connectivity index (χ0n) is 15.9. The summed E-state index contributed by atoms with van der Waals surface area (Å²) in [5.74, 6) is -2.25. The Morgan fingerprint density at radius 3 is 2.63 bits per heavy atom. The number of carbonyl (C=O) groups excluding carboxylic acids is 1. The number of carboxylic acid groups (broad SMARTS) is 1. The summed E-state index contributed by atoms with van der Waals surface area (Å²) in [4.78, 5) is 31.2. The van der Waals surface area contributed by atoms with Crippen LogP contribution < -0.4 is 4.90 Å². The first kappa shape index (κ1) is 20.3. The molecular weight excluding hydrogens is 420 g/mol. The molecule has 0 fully saturated rings. The largest absolute Gasteiger partial charge is 0.481 e. The predicted octanol–water partition coefficient (Wildman–Crippen LogP) is 5.24. The van der Waals surface area contributed by atoms with Crippen LogP contribution in [0, 0.1) is 5.92 Å². The summed E-state index contributed by atoms with van der Waals surface area (Å²) < 4.78 is 0. The van der Waals surface area contributed by atoms with E-state index >= 15 is 0 Å². The molecule has 7 heteroatoms. The Morgan fingerprint density at radius 1 is 1.17 bits per heavy atom. The fourth-order valence-corrected chi connectivity index (χ4v) is 4.74. The normalized spacial score (nSPS) is 19.0. The molecule has 30 heavy (non-hydrogen) atoms. The van der Waals surface area contributed by atoms with E-state index in [0.29, 0.717) is 22.4 Å². The zero-order valence-corrected chi connectivity index (χ0v) is 17.5. The minimum absolute atomic E-state index is 0.240. The van der Waals surface area contributed by atoms with Crippen LogP contribution >= 0.6 is 22.9 Å². The minimum Gasteiger partial charge on any atom is -0.481 e. The second kappa shape index (κ2) is 8.81. The molecule has 152 valence electrons. The highest BCUT2D eigenvalue weighted by molar-refractivity contribution is 7.14. The van der Waals surface area contributed by atoms with Gasteiger partial charge in [0, 0.05) is 28.4 Å². The number of carboxylic acids is 1. The number of aliphatic carboxylic acids is 1. The summed E-state index contributed by atoms with van der Waals surface area (Å²) in [6.07, 6.45) is 3.60. The van der Waals surface area contributed by atoms with Gasteiger partial charge >= 0.3 is 5.97 Å². The van der Waals surface area contributed by atoms with Gasteiger partial charge in [0.2, 0.25) is 5.91 Å². The van der Waals surface area contributed by atoms with Crippen molar-refractivity contribution in [2.75, 3.05) is 11.4 Å². The fraction of sp³-hybridized carbons (Fsp3) is 0.174. The Balaban J connectivity index is 1.67. The maximum Gasteiger partial charge on any atom is 0.304 e. The molecule has 1 aromatic heterocycles. The van der Waals surface area contributed by atoms with Crippen molar-refractivity contribution >= 4 is 39.9 Å². The first-order chi connectivity index (χ1) is 14.5. The van der Waals surface area contributed by atoms with Crippen molar-refractivity contribution < 1.29 is 14.7 Å². The second-order valence-electron chi connectivity index (χ2n) is 7.01. The van der Waals surface area contributed by atoms with E-state index in [-0.39, 0.29) is 18.2 Å². The molecule has 1 aliphatic rings. The van der Waals surface area contributed by atoms with Crippen LogP contribution in [0.4, 0.5) is 5.13 Å². The first-order valence-corrected chi connectivity index (χ1v) is 10.8. The number of rotatable bonds is 5. The Hall–Kier alpha value is -2.96. The Bertz CT molecular complexity index is 1100. The van der Waals surface area contributed by atoms with Crippen LogP contribution in [0.5, 0.6) is 0 Å². The molecular formula is C23H19ClN2O3S. The van der Waals surface area contributed by atoms with Crippen molar-refractivity contribution in [3.05, 3.63) is 82.7 Å². The number of nitrogens with zero attached hydrogens (tertiary/aromatic N) is 2. The van der Waals surface area contributed by atoms with Gasteiger partial charge in [-0.25, -0.2) is 4.98 Å². The molecule has 0 radical (unpaired) electrons. The van der Waals surface area contributed by atoms with E-state index in [1.165, 1.54) is 11.3 Å². The van der Waals surface area contributed by atoms with E-state index in [0.717, 1.165) is 11.1 Å². The third-order valence-corrected chi connectivity index (χ3v) is 6.29. The van der Waals surface area contributed by atoms with Crippen molar-refractivity contribution in [3.8, 4) is 11.3 Å². The third kappa shape index (κ3) is 4.15. The van der Waals surface area contributed by atoms with E-state index in [2.05, 4.69) is 4.98 Å². The van der Waals surface area contributed by atoms with Gasteiger partial charge in [0.15, 0.2) is 5.13 Å². The van der Waals surface area contributed by atoms with E-state index in [4.69, 9.17) is 11.6 Å². The van der Waals surface area contributed by atoms with Crippen LogP contribution in [0.15, 0.2) is 72.1 Å². The van der Waals surface area contributed by atoms with Gasteiger partial charge in [-0.05, 0) is 11.6 Å². The highest BCUT2D eigenvalue weighted by atomic mass is 35.5. The van der Waals surface area contributed by atoms with Gasteiger partial charge in [0.05, 0.1) is 18.0 Å². The van der Waals surface area contributed by atoms with Crippen molar-refractivity contribution in [1.82, 2.24) is 4.98 Å². The molecule has 2 atom stereocenters. The summed E-state index contributed by atoms with van der Waals surface area (Å²) >= 11 is 7.63. The third-order valence-electron chi connectivity index (χ3n) is 5.10. The van der Waals surface area contributed by atoms with Gasteiger partial charge in [-0.1, -0.05) is 72.3 Å². The fourth-order valence-electron chi connectivity index (χ4n) is 3.67. The number of halogens is 1. The summed E-state index contributed by atoms with van der Waals surface area (Å²) in [7, 11) is 0. The Morgan fingerprint density at radius 2 is 1.90 bits per heavy atom. The summed E-state index contributed by atoms with van der Waals surface area (Å²) in [5, 5.41) is 12.4. The topological polar surface area (TPSA) is 70.5 Å². The number of thiazole rings is 1. The lowest BCUT2D eigenvalue weighted by Crippen LogP contribution is -2.38. The van der Waals surface area contributed by atoms with Gasteiger partial charge in [-0.2, -0.15) is 0 Å². The molecule has 0 saturated carbocycles. The number of anilines is 1. The lowest BCUT2D eigenvalue weighted by molar-refractivity contribution is -0.140. The molecule has 0 aliphatic carbocycles. The number of hydrogen-bond acceptors (Lipinski definition) is 4. The average molecular weight is 439 g/mol. The molecule has 1 N–H and O–H groups in total. The van der Waals surface area contributed by atoms with E-state index < -0.39 is 11.9 Å². The molecule has 0 bridgehead atoms. The van der Waals surface area contributed by atoms with E-state index in [1.807, 2.05) is 66.1 Å². The molecule has 0 spiro atoms. The average Bonchev–Trinajstić information content (AvgIpc) is 3.16. The van der Waals surface area contributed by atoms with Gasteiger partial charge in [0.1, 0.15) is 0 Å². The Labute approximate surface area is 183 Å². The monoisotopic (exact) mass is 438 g/mol. The SMILES string of the molecule is O=C(O)C[C@@H]1C(=O)N(c2nc(-c3ccccc3Cl)cs2)CC=C[C@@H]1c1ccccc1. The number of hydrogen-bond donors (Lipinski definition) is 1. The number of aromatic nitrogens is 1. The molecule has 3 aromatic rings. The van der Waals surface area contributed by atoms with Crippen molar-refractivity contribution in [2.45, 2.75) is 12.3 Å². The number of allylic oxidation sites excluding steroid dienone is 1. The van der Waals surface area contributed by atoms with Crippen LogP contribution in [0.3, 0.4) is 0 Å². The standard InChI is InChI=1S/C23H19ClN2O3S/c24-19-11-5-4-9-17(19)20-14-30-23(25-20)26-12-6-10-16(15-7-2-1-3-8-15)18(22(26)29)13-21(27)28/h1-11,14,16,18H,12-13H2,(H,27,28)/t16-,18+/m1/s1. The van der Waals surface area contributed by atoms with Gasteiger partial charge in [0.25, 0.3) is 0 Å². The van der Waals surface area contributed by atoms with Crippen LogP contribution in [0.25, 0.3) is 11.3 Å². The molecule has 2 aromatic carbocycles. The molecule has 1 amide bonds. The second-order valence-corrected chi connectivity index (χ2v) is 8.26. The zero-order chi connectivity index (χ0) is 21.1. The minimum atomic E-state index is -1.000. The Kier molecular flexibility index (Phi) is 5.97. The highest BCUT2D eigenvalue weighted by Gasteiger charge is 2.36. The number of carbonyl (C=O) groups is 2. The molecule has 0 unspecified atom stereocenters. The first-order valence-electron chi connectivity index (χ1n) is 9.50. The quantitative estimate of drug-likeness (QED) is 0.553. The van der Waals surface area contributed by atoms with Crippen molar-refractivity contribution in [1.29, 1.82) is 0 Å². The number of benzene rings is 2. The van der Waals surface area contributed by atoms with E-state index in [1.54, 1.807) is 11.0 Å². The predicted molar refractivity (Wildman–Crippen MR) is 119 cm³/mol. The lowest BCUT2D eigenvalue weighted by atomic mass is 9.83. The molecule has 0 saturated heterocycles. The molecule has 5 nitrogen and oxygen atoms in total. The lowest BCUT2D eigenvalue weighted by Gasteiger charge is -2.25. The smallest absolute Gasteiger partial charge is 0.304 e. The summed E-state index contributed by atoms with van der Waals surface area (Å²) in [5.41, 5.74) is 2.41. The van der Waals surface area contributed by atoms with Crippen LogP contribution in [0.2, 0.25) is 5.02 Å². The van der Waals surface area contributed by atoms with Crippen molar-refractivity contribution in [2.24, 2.45) is 5.92 Å². The summed E-state index contributed by atoms with van der Waals surface area (Å²) in [6.45, 7) is 0.341. The molecule has 1 aliphatic heterocycles.